The predicted octanol–water partition coefficient (Wildman–Crippen LogP) is 0.819. The van der Waals surface area contributed by atoms with Crippen LogP contribution in [0.3, 0.4) is 0 Å². The molecule has 0 bridgehead atoms. The number of rotatable bonds is 1. The molecular formula is C15H16N4O2. The Balaban J connectivity index is 1.95. The zero-order valence-electron chi connectivity index (χ0n) is 12.0. The average Bonchev–Trinajstić information content (AvgIpc) is 2.47. The third-order valence-electron chi connectivity index (χ3n) is 3.65. The quantitative estimate of drug-likeness (QED) is 0.841. The molecule has 108 valence electrons. The largest absolute Gasteiger partial charge is 0.353 e. The van der Waals surface area contributed by atoms with Crippen molar-refractivity contribution in [1.29, 1.82) is 0 Å². The third-order valence-corrected chi connectivity index (χ3v) is 3.65. The van der Waals surface area contributed by atoms with E-state index in [-0.39, 0.29) is 18.4 Å². The number of fused-ring (bicyclic) bond motifs is 1. The van der Waals surface area contributed by atoms with Crippen molar-refractivity contribution in [1.82, 2.24) is 20.2 Å². The van der Waals surface area contributed by atoms with Crippen LogP contribution in [0.4, 0.5) is 0 Å². The molecule has 0 atom stereocenters. The van der Waals surface area contributed by atoms with E-state index in [9.17, 15) is 9.59 Å². The number of hydrogen-bond donors (Lipinski definition) is 1. The average molecular weight is 284 g/mol. The number of nitrogens with zero attached hydrogens (tertiary/aromatic N) is 3. The maximum atomic E-state index is 12.4. The maximum Gasteiger partial charge on any atom is 0.254 e. The van der Waals surface area contributed by atoms with Crippen molar-refractivity contribution in [2.45, 2.75) is 13.8 Å². The van der Waals surface area contributed by atoms with Gasteiger partial charge in [-0.15, -0.1) is 0 Å². The zero-order valence-corrected chi connectivity index (χ0v) is 12.0. The molecule has 1 N–H and O–H groups in total. The third kappa shape index (κ3) is 2.56. The molecule has 2 heterocycles. The van der Waals surface area contributed by atoms with E-state index >= 15 is 0 Å². The lowest BCUT2D eigenvalue weighted by Gasteiger charge is -2.26. The Labute approximate surface area is 122 Å². The van der Waals surface area contributed by atoms with E-state index in [0.29, 0.717) is 24.2 Å². The van der Waals surface area contributed by atoms with Crippen LogP contribution in [0.1, 0.15) is 21.7 Å². The van der Waals surface area contributed by atoms with E-state index < -0.39 is 0 Å². The summed E-state index contributed by atoms with van der Waals surface area (Å²) < 4.78 is 0. The van der Waals surface area contributed by atoms with Gasteiger partial charge in [-0.25, -0.2) is 9.97 Å². The molecule has 2 aromatic rings. The highest BCUT2D eigenvalue weighted by atomic mass is 16.2. The number of aromatic nitrogens is 2. The van der Waals surface area contributed by atoms with Crippen LogP contribution >= 0.6 is 0 Å². The molecular weight excluding hydrogens is 268 g/mol. The van der Waals surface area contributed by atoms with Gasteiger partial charge in [0.25, 0.3) is 5.91 Å². The fourth-order valence-corrected chi connectivity index (χ4v) is 2.36. The first-order valence-corrected chi connectivity index (χ1v) is 6.85. The van der Waals surface area contributed by atoms with Crippen LogP contribution in [0.15, 0.2) is 18.2 Å². The van der Waals surface area contributed by atoms with Crippen molar-refractivity contribution in [2.24, 2.45) is 0 Å². The first kappa shape index (κ1) is 13.5. The van der Waals surface area contributed by atoms with Gasteiger partial charge in [0, 0.05) is 18.7 Å². The molecule has 0 saturated carbocycles. The monoisotopic (exact) mass is 284 g/mol. The van der Waals surface area contributed by atoms with Crippen molar-refractivity contribution in [2.75, 3.05) is 19.6 Å². The summed E-state index contributed by atoms with van der Waals surface area (Å²) >= 11 is 0. The van der Waals surface area contributed by atoms with Gasteiger partial charge < -0.3 is 10.2 Å². The summed E-state index contributed by atoms with van der Waals surface area (Å²) in [6.45, 7) is 4.94. The zero-order chi connectivity index (χ0) is 15.0. The first-order valence-electron chi connectivity index (χ1n) is 6.85. The van der Waals surface area contributed by atoms with Gasteiger partial charge in [0.1, 0.15) is 0 Å². The Morgan fingerprint density at radius 2 is 1.90 bits per heavy atom. The number of carbonyl (C=O) groups excluding carboxylic acids is 2. The van der Waals surface area contributed by atoms with Crippen LogP contribution in [0.25, 0.3) is 11.0 Å². The van der Waals surface area contributed by atoms with Crippen LogP contribution in [0.2, 0.25) is 0 Å². The molecule has 6 heteroatoms. The molecule has 0 radical (unpaired) electrons. The van der Waals surface area contributed by atoms with Gasteiger partial charge in [0.05, 0.1) is 29.0 Å². The highest BCUT2D eigenvalue weighted by Crippen LogP contribution is 2.16. The Kier molecular flexibility index (Phi) is 3.29. The summed E-state index contributed by atoms with van der Waals surface area (Å²) in [5.74, 6) is -0.270. The molecule has 1 fully saturated rings. The number of aryl methyl sites for hydroxylation is 2. The van der Waals surface area contributed by atoms with Gasteiger partial charge in [-0.05, 0) is 32.0 Å². The highest BCUT2D eigenvalue weighted by molar-refractivity contribution is 5.99. The van der Waals surface area contributed by atoms with Gasteiger partial charge in [0.15, 0.2) is 0 Å². The first-order chi connectivity index (χ1) is 10.0. The normalized spacial score (nSPS) is 15.1. The topological polar surface area (TPSA) is 75.2 Å². The lowest BCUT2D eigenvalue weighted by molar-refractivity contribution is -0.123. The van der Waals surface area contributed by atoms with Crippen LogP contribution in [-0.4, -0.2) is 46.3 Å². The van der Waals surface area contributed by atoms with Crippen molar-refractivity contribution in [3.63, 3.8) is 0 Å². The molecule has 0 unspecified atom stereocenters. The minimum absolute atomic E-state index is 0.107. The van der Waals surface area contributed by atoms with Crippen molar-refractivity contribution in [3.8, 4) is 0 Å². The predicted molar refractivity (Wildman–Crippen MR) is 77.9 cm³/mol. The van der Waals surface area contributed by atoms with Gasteiger partial charge in [-0.2, -0.15) is 0 Å². The van der Waals surface area contributed by atoms with E-state index in [2.05, 4.69) is 15.3 Å². The van der Waals surface area contributed by atoms with Crippen LogP contribution in [0.5, 0.6) is 0 Å². The summed E-state index contributed by atoms with van der Waals surface area (Å²) in [6, 6.07) is 5.27. The molecule has 1 saturated heterocycles. The molecule has 1 aromatic heterocycles. The summed E-state index contributed by atoms with van der Waals surface area (Å²) in [5.41, 5.74) is 3.74. The number of hydrogen-bond acceptors (Lipinski definition) is 4. The number of carbonyl (C=O) groups is 2. The number of amides is 2. The molecule has 0 aliphatic carbocycles. The minimum atomic E-state index is -0.147. The second-order valence-electron chi connectivity index (χ2n) is 5.17. The number of piperazine rings is 1. The Bertz CT molecular complexity index is 742. The minimum Gasteiger partial charge on any atom is -0.353 e. The van der Waals surface area contributed by atoms with Crippen molar-refractivity contribution >= 4 is 22.8 Å². The van der Waals surface area contributed by atoms with Gasteiger partial charge >= 0.3 is 0 Å². The summed E-state index contributed by atoms with van der Waals surface area (Å²) in [7, 11) is 0. The smallest absolute Gasteiger partial charge is 0.254 e. The molecule has 0 spiro atoms. The fourth-order valence-electron chi connectivity index (χ4n) is 2.36. The Hall–Kier alpha value is -2.50. The van der Waals surface area contributed by atoms with E-state index in [1.165, 1.54) is 0 Å². The SMILES string of the molecule is Cc1nc2ccc(C(=O)N3CCNC(=O)C3)cc2nc1C. The second-order valence-corrected chi connectivity index (χ2v) is 5.17. The Morgan fingerprint density at radius 1 is 1.19 bits per heavy atom. The number of benzene rings is 1. The van der Waals surface area contributed by atoms with Crippen LogP contribution < -0.4 is 5.32 Å². The molecule has 3 rings (SSSR count). The van der Waals surface area contributed by atoms with E-state index in [0.717, 1.165) is 16.9 Å². The van der Waals surface area contributed by atoms with Crippen molar-refractivity contribution in [3.05, 3.63) is 35.2 Å². The van der Waals surface area contributed by atoms with E-state index in [1.807, 2.05) is 13.8 Å². The molecule has 1 aromatic carbocycles. The Morgan fingerprint density at radius 3 is 2.62 bits per heavy atom. The molecule has 1 aliphatic heterocycles. The molecule has 1 aliphatic rings. The molecule has 21 heavy (non-hydrogen) atoms. The van der Waals surface area contributed by atoms with Crippen molar-refractivity contribution < 1.29 is 9.59 Å². The summed E-state index contributed by atoms with van der Waals surface area (Å²) in [6.07, 6.45) is 0. The van der Waals surface area contributed by atoms with Gasteiger partial charge in [-0.1, -0.05) is 0 Å². The summed E-state index contributed by atoms with van der Waals surface area (Å²) in [4.78, 5) is 34.3. The fraction of sp³-hybridized carbons (Fsp3) is 0.333. The van der Waals surface area contributed by atoms with E-state index in [4.69, 9.17) is 0 Å². The van der Waals surface area contributed by atoms with Gasteiger partial charge in [0.2, 0.25) is 5.91 Å². The second kappa shape index (κ2) is 5.12. The lowest BCUT2D eigenvalue weighted by atomic mass is 10.1. The van der Waals surface area contributed by atoms with Gasteiger partial charge in [-0.3, -0.25) is 9.59 Å². The molecule has 2 amide bonds. The maximum absolute atomic E-state index is 12.4. The number of nitrogens with one attached hydrogen (secondary N) is 1. The van der Waals surface area contributed by atoms with E-state index in [1.54, 1.807) is 23.1 Å². The highest BCUT2D eigenvalue weighted by Gasteiger charge is 2.22. The standard InChI is InChI=1S/C15H16N4O2/c1-9-10(2)18-13-7-11(3-4-12(13)17-9)15(21)19-6-5-16-14(20)8-19/h3-4,7H,5-6,8H2,1-2H3,(H,16,20). The lowest BCUT2D eigenvalue weighted by Crippen LogP contribution is -2.49. The van der Waals surface area contributed by atoms with Crippen LogP contribution in [-0.2, 0) is 4.79 Å². The molecule has 6 nitrogen and oxygen atoms in total. The summed E-state index contributed by atoms with van der Waals surface area (Å²) in [5, 5.41) is 2.71. The van der Waals surface area contributed by atoms with Crippen LogP contribution in [0, 0.1) is 13.8 Å².